The fourth-order valence-corrected chi connectivity index (χ4v) is 3.33. The first-order chi connectivity index (χ1) is 9.35. The first-order valence-electron chi connectivity index (χ1n) is 7.26. The van der Waals surface area contributed by atoms with Crippen molar-refractivity contribution >= 4 is 5.69 Å². The summed E-state index contributed by atoms with van der Waals surface area (Å²) in [5, 5.41) is 0. The van der Waals surface area contributed by atoms with Gasteiger partial charge in [-0.3, -0.25) is 0 Å². The van der Waals surface area contributed by atoms with Crippen LogP contribution in [-0.2, 0) is 0 Å². The van der Waals surface area contributed by atoms with Gasteiger partial charge in [0, 0.05) is 17.8 Å². The number of nitrogens with two attached hydrogens (primary N) is 2. The minimum atomic E-state index is 0.304. The fourth-order valence-electron chi connectivity index (χ4n) is 3.33. The molecule has 0 aromatic heterocycles. The number of benzene rings is 1. The zero-order valence-electron chi connectivity index (χ0n) is 12.7. The number of hydrogen-bond donors (Lipinski definition) is 2. The highest BCUT2D eigenvalue weighted by molar-refractivity contribution is 5.52. The van der Waals surface area contributed by atoms with Gasteiger partial charge in [0.2, 0.25) is 6.79 Å². The molecule has 2 aliphatic rings. The summed E-state index contributed by atoms with van der Waals surface area (Å²) in [6.07, 6.45) is 3.78. The molecule has 4 heteroatoms. The van der Waals surface area contributed by atoms with E-state index in [4.69, 9.17) is 20.9 Å². The molecule has 1 aromatic carbocycles. The summed E-state index contributed by atoms with van der Waals surface area (Å²) in [5.74, 6) is 2.34. The molecule has 3 rings (SSSR count). The summed E-state index contributed by atoms with van der Waals surface area (Å²) >= 11 is 0. The second-order valence-electron chi connectivity index (χ2n) is 6.79. The molecule has 4 N–H and O–H groups in total. The molecule has 1 heterocycles. The van der Waals surface area contributed by atoms with Crippen molar-refractivity contribution in [1.82, 2.24) is 0 Å². The number of rotatable bonds is 0. The Morgan fingerprint density at radius 1 is 1.15 bits per heavy atom. The molecule has 1 aliphatic carbocycles. The predicted molar refractivity (Wildman–Crippen MR) is 81.7 cm³/mol. The van der Waals surface area contributed by atoms with Gasteiger partial charge < -0.3 is 20.9 Å². The third-order valence-electron chi connectivity index (χ3n) is 3.82. The highest BCUT2D eigenvalue weighted by atomic mass is 16.7. The normalized spacial score (nSPS) is 26.6. The average Bonchev–Trinajstić information content (AvgIpc) is 2.73. The molecule has 0 spiro atoms. The second-order valence-corrected chi connectivity index (χ2v) is 6.79. The lowest BCUT2D eigenvalue weighted by atomic mass is 9.71. The van der Waals surface area contributed by atoms with Gasteiger partial charge in [-0.25, -0.2) is 0 Å². The first-order valence-corrected chi connectivity index (χ1v) is 7.26. The standard InChI is InChI=1S/C9H19N.C7H7NO2/c1-7-4-8(10)6-9(2,3)5-7;8-5-1-2-6-7(3-5)10-4-9-6/h7-8H,4-6,10H2,1-3H3;1-3H,4,8H2. The van der Waals surface area contributed by atoms with Crippen molar-refractivity contribution in [1.29, 1.82) is 0 Å². The minimum absolute atomic E-state index is 0.304. The van der Waals surface area contributed by atoms with E-state index in [1.807, 2.05) is 0 Å². The summed E-state index contributed by atoms with van der Waals surface area (Å²) in [6, 6.07) is 5.80. The molecule has 1 aromatic rings. The third-order valence-corrected chi connectivity index (χ3v) is 3.82. The molecule has 1 aliphatic heterocycles. The van der Waals surface area contributed by atoms with E-state index in [1.54, 1.807) is 18.2 Å². The maximum atomic E-state index is 5.90. The monoisotopic (exact) mass is 278 g/mol. The largest absolute Gasteiger partial charge is 0.454 e. The van der Waals surface area contributed by atoms with E-state index in [2.05, 4.69) is 20.8 Å². The lowest BCUT2D eigenvalue weighted by Gasteiger charge is -2.37. The average molecular weight is 278 g/mol. The van der Waals surface area contributed by atoms with Crippen LogP contribution in [0.2, 0.25) is 0 Å². The highest BCUT2D eigenvalue weighted by Crippen LogP contribution is 2.37. The van der Waals surface area contributed by atoms with E-state index in [1.165, 1.54) is 19.3 Å². The number of anilines is 1. The van der Waals surface area contributed by atoms with Crippen molar-refractivity contribution in [2.24, 2.45) is 17.1 Å². The van der Waals surface area contributed by atoms with Crippen LogP contribution in [0.15, 0.2) is 18.2 Å². The summed E-state index contributed by atoms with van der Waals surface area (Å²) in [7, 11) is 0. The van der Waals surface area contributed by atoms with Gasteiger partial charge in [-0.15, -0.1) is 0 Å². The van der Waals surface area contributed by atoms with Crippen molar-refractivity contribution < 1.29 is 9.47 Å². The maximum Gasteiger partial charge on any atom is 0.231 e. The lowest BCUT2D eigenvalue weighted by molar-refractivity contribution is 0.170. The van der Waals surface area contributed by atoms with E-state index in [-0.39, 0.29) is 0 Å². The zero-order chi connectivity index (χ0) is 14.8. The Kier molecular flexibility index (Phi) is 4.43. The Hall–Kier alpha value is -1.42. The topological polar surface area (TPSA) is 70.5 Å². The molecular weight excluding hydrogens is 252 g/mol. The van der Waals surface area contributed by atoms with Crippen LogP contribution in [0.3, 0.4) is 0 Å². The number of nitrogen functional groups attached to an aromatic ring is 1. The molecule has 0 radical (unpaired) electrons. The van der Waals surface area contributed by atoms with Gasteiger partial charge in [-0.2, -0.15) is 0 Å². The van der Waals surface area contributed by atoms with Gasteiger partial charge in [0.15, 0.2) is 11.5 Å². The van der Waals surface area contributed by atoms with Crippen LogP contribution in [-0.4, -0.2) is 12.8 Å². The molecule has 20 heavy (non-hydrogen) atoms. The first kappa shape index (κ1) is 15.0. The second kappa shape index (κ2) is 5.92. The van der Waals surface area contributed by atoms with Crippen molar-refractivity contribution in [3.8, 4) is 11.5 Å². The van der Waals surface area contributed by atoms with Crippen LogP contribution in [0.4, 0.5) is 5.69 Å². The molecule has 0 bridgehead atoms. The SMILES string of the molecule is CC1CC(N)CC(C)(C)C1.Nc1ccc2c(c1)OCO2. The Balaban J connectivity index is 0.000000147. The highest BCUT2D eigenvalue weighted by Gasteiger charge is 2.29. The van der Waals surface area contributed by atoms with E-state index in [9.17, 15) is 0 Å². The number of fused-ring (bicyclic) bond motifs is 1. The number of ether oxygens (including phenoxy) is 2. The van der Waals surface area contributed by atoms with E-state index >= 15 is 0 Å². The summed E-state index contributed by atoms with van der Waals surface area (Å²) in [6.45, 7) is 7.25. The van der Waals surface area contributed by atoms with Crippen LogP contribution >= 0.6 is 0 Å². The van der Waals surface area contributed by atoms with Crippen molar-refractivity contribution in [2.75, 3.05) is 12.5 Å². The molecule has 4 nitrogen and oxygen atoms in total. The molecule has 0 saturated heterocycles. The van der Waals surface area contributed by atoms with Crippen LogP contribution in [0.25, 0.3) is 0 Å². The van der Waals surface area contributed by atoms with Crippen molar-refractivity contribution in [3.63, 3.8) is 0 Å². The third kappa shape index (κ3) is 4.04. The Bertz CT molecular complexity index is 448. The molecule has 1 saturated carbocycles. The van der Waals surface area contributed by atoms with E-state index in [0.717, 1.165) is 17.4 Å². The van der Waals surface area contributed by atoms with E-state index < -0.39 is 0 Å². The maximum absolute atomic E-state index is 5.90. The van der Waals surface area contributed by atoms with Crippen LogP contribution in [0, 0.1) is 11.3 Å². The Morgan fingerprint density at radius 3 is 2.50 bits per heavy atom. The molecule has 1 fully saturated rings. The minimum Gasteiger partial charge on any atom is -0.454 e. The smallest absolute Gasteiger partial charge is 0.231 e. The van der Waals surface area contributed by atoms with Gasteiger partial charge in [-0.1, -0.05) is 20.8 Å². The summed E-state index contributed by atoms with van der Waals surface area (Å²) in [5.41, 5.74) is 12.6. The number of hydrogen-bond acceptors (Lipinski definition) is 4. The summed E-state index contributed by atoms with van der Waals surface area (Å²) < 4.78 is 10.2. The van der Waals surface area contributed by atoms with Crippen molar-refractivity contribution in [3.05, 3.63) is 18.2 Å². The van der Waals surface area contributed by atoms with Gasteiger partial charge in [-0.05, 0) is 42.7 Å². The van der Waals surface area contributed by atoms with Gasteiger partial charge >= 0.3 is 0 Å². The van der Waals surface area contributed by atoms with Crippen molar-refractivity contribution in [2.45, 2.75) is 46.1 Å². The Labute approximate surface area is 121 Å². The quantitative estimate of drug-likeness (QED) is 0.715. The van der Waals surface area contributed by atoms with E-state index in [0.29, 0.717) is 23.9 Å². The fraction of sp³-hybridized carbons (Fsp3) is 0.625. The van der Waals surface area contributed by atoms with Crippen LogP contribution in [0.5, 0.6) is 11.5 Å². The molecule has 2 unspecified atom stereocenters. The molecule has 112 valence electrons. The molecule has 0 amide bonds. The molecular formula is C16H26N2O2. The van der Waals surface area contributed by atoms with Crippen LogP contribution in [0.1, 0.15) is 40.0 Å². The predicted octanol–water partition coefficient (Wildman–Crippen LogP) is 3.16. The lowest BCUT2D eigenvalue weighted by Crippen LogP contribution is -2.36. The summed E-state index contributed by atoms with van der Waals surface area (Å²) in [4.78, 5) is 0. The zero-order valence-corrected chi connectivity index (χ0v) is 12.7. The Morgan fingerprint density at radius 2 is 1.85 bits per heavy atom. The van der Waals surface area contributed by atoms with Crippen LogP contribution < -0.4 is 20.9 Å². The van der Waals surface area contributed by atoms with Gasteiger partial charge in [0.05, 0.1) is 0 Å². The van der Waals surface area contributed by atoms with Gasteiger partial charge in [0.25, 0.3) is 0 Å². The molecule has 2 atom stereocenters. The van der Waals surface area contributed by atoms with Gasteiger partial charge in [0.1, 0.15) is 0 Å².